The van der Waals surface area contributed by atoms with E-state index in [2.05, 4.69) is 29.6 Å². The van der Waals surface area contributed by atoms with Crippen molar-refractivity contribution in [3.8, 4) is 6.07 Å². The normalized spacial score (nSPS) is 15.3. The largest absolute Gasteiger partial charge is 0.309 e. The molecule has 0 aromatic heterocycles. The highest BCUT2D eigenvalue weighted by Crippen LogP contribution is 2.34. The van der Waals surface area contributed by atoms with Crippen molar-refractivity contribution in [1.29, 1.82) is 5.26 Å². The Morgan fingerprint density at radius 3 is 2.59 bits per heavy atom. The maximum absolute atomic E-state index is 13.9. The third kappa shape index (κ3) is 3.72. The van der Waals surface area contributed by atoms with Gasteiger partial charge < -0.3 is 5.32 Å². The summed E-state index contributed by atoms with van der Waals surface area (Å²) in [4.78, 5) is 0. The van der Waals surface area contributed by atoms with E-state index in [9.17, 15) is 4.39 Å². The van der Waals surface area contributed by atoms with Crippen molar-refractivity contribution in [1.82, 2.24) is 5.32 Å². The molecule has 0 heterocycles. The van der Waals surface area contributed by atoms with E-state index in [1.54, 1.807) is 12.1 Å². The summed E-state index contributed by atoms with van der Waals surface area (Å²) in [5, 5.41) is 12.3. The maximum atomic E-state index is 13.9. The topological polar surface area (TPSA) is 35.8 Å². The first-order valence-corrected chi connectivity index (χ1v) is 7.72. The summed E-state index contributed by atoms with van der Waals surface area (Å²) < 4.78 is 13.9. The van der Waals surface area contributed by atoms with Crippen LogP contribution in [0.2, 0.25) is 0 Å². The molecule has 22 heavy (non-hydrogen) atoms. The maximum Gasteiger partial charge on any atom is 0.129 e. The zero-order valence-corrected chi connectivity index (χ0v) is 12.4. The lowest BCUT2D eigenvalue weighted by Crippen LogP contribution is -2.33. The standard InChI is InChI=1S/C19H19FN2/c20-18-10-15(12-21)6-7-17(18)13-22-19(16-8-9-16)11-14-4-2-1-3-5-14/h1-7,10,16,19,22H,8-9,11,13H2. The highest BCUT2D eigenvalue weighted by atomic mass is 19.1. The highest BCUT2D eigenvalue weighted by Gasteiger charge is 2.30. The molecule has 0 aliphatic heterocycles. The number of benzene rings is 2. The van der Waals surface area contributed by atoms with Crippen molar-refractivity contribution in [3.63, 3.8) is 0 Å². The van der Waals surface area contributed by atoms with Crippen LogP contribution in [-0.2, 0) is 13.0 Å². The predicted octanol–water partition coefficient (Wildman–Crippen LogP) is 3.81. The molecule has 2 aromatic rings. The molecule has 1 aliphatic carbocycles. The number of nitriles is 1. The Kier molecular flexibility index (Phi) is 4.50. The van der Waals surface area contributed by atoms with Crippen LogP contribution in [0.4, 0.5) is 4.39 Å². The Morgan fingerprint density at radius 2 is 1.95 bits per heavy atom. The predicted molar refractivity (Wildman–Crippen MR) is 84.6 cm³/mol. The van der Waals surface area contributed by atoms with Crippen molar-refractivity contribution in [2.24, 2.45) is 5.92 Å². The first-order valence-electron chi connectivity index (χ1n) is 7.72. The van der Waals surface area contributed by atoms with Gasteiger partial charge in [-0.2, -0.15) is 5.26 Å². The summed E-state index contributed by atoms with van der Waals surface area (Å²) in [7, 11) is 0. The van der Waals surface area contributed by atoms with E-state index in [1.807, 2.05) is 12.1 Å². The molecule has 1 unspecified atom stereocenters. The third-order valence-corrected chi connectivity index (χ3v) is 4.23. The quantitative estimate of drug-likeness (QED) is 0.879. The van der Waals surface area contributed by atoms with E-state index in [4.69, 9.17) is 5.26 Å². The molecule has 0 spiro atoms. The molecule has 3 rings (SSSR count). The van der Waals surface area contributed by atoms with Crippen LogP contribution in [0.25, 0.3) is 0 Å². The number of hydrogen-bond donors (Lipinski definition) is 1. The SMILES string of the molecule is N#Cc1ccc(CNC(Cc2ccccc2)C2CC2)c(F)c1. The van der Waals surface area contributed by atoms with Crippen molar-refractivity contribution >= 4 is 0 Å². The number of halogens is 1. The fourth-order valence-corrected chi connectivity index (χ4v) is 2.77. The molecule has 3 heteroatoms. The van der Waals surface area contributed by atoms with Crippen LogP contribution in [0.5, 0.6) is 0 Å². The summed E-state index contributed by atoms with van der Waals surface area (Å²) >= 11 is 0. The molecule has 1 atom stereocenters. The second kappa shape index (κ2) is 6.72. The Bertz CT molecular complexity index is 672. The summed E-state index contributed by atoms with van der Waals surface area (Å²) in [6.07, 6.45) is 3.48. The van der Waals surface area contributed by atoms with E-state index in [-0.39, 0.29) is 5.82 Å². The molecule has 2 nitrogen and oxygen atoms in total. The monoisotopic (exact) mass is 294 g/mol. The first kappa shape index (κ1) is 14.7. The first-order chi connectivity index (χ1) is 10.8. The van der Waals surface area contributed by atoms with Crippen molar-refractivity contribution < 1.29 is 4.39 Å². The van der Waals surface area contributed by atoms with Crippen molar-refractivity contribution in [2.75, 3.05) is 0 Å². The number of nitrogens with zero attached hydrogens (tertiary/aromatic N) is 1. The third-order valence-electron chi connectivity index (χ3n) is 4.23. The van der Waals surface area contributed by atoms with Crippen LogP contribution in [0, 0.1) is 23.1 Å². The number of rotatable bonds is 6. The number of nitrogens with one attached hydrogen (secondary N) is 1. The summed E-state index contributed by atoms with van der Waals surface area (Å²) in [6.45, 7) is 0.505. The van der Waals surface area contributed by atoms with E-state index >= 15 is 0 Å². The van der Waals surface area contributed by atoms with Gasteiger partial charge in [-0.25, -0.2) is 4.39 Å². The van der Waals surface area contributed by atoms with Crippen LogP contribution < -0.4 is 5.32 Å². The summed E-state index contributed by atoms with van der Waals surface area (Å²) in [5.41, 5.74) is 2.30. The summed E-state index contributed by atoms with van der Waals surface area (Å²) in [5.74, 6) is 0.391. The average molecular weight is 294 g/mol. The minimum atomic E-state index is -0.305. The van der Waals surface area contributed by atoms with Gasteiger partial charge >= 0.3 is 0 Å². The second-order valence-electron chi connectivity index (χ2n) is 5.93. The van der Waals surface area contributed by atoms with Gasteiger partial charge in [0.2, 0.25) is 0 Å². The molecule has 0 radical (unpaired) electrons. The molecular formula is C19H19FN2. The molecule has 1 aliphatic rings. The lowest BCUT2D eigenvalue weighted by atomic mass is 10.0. The summed E-state index contributed by atoms with van der Waals surface area (Å²) in [6, 6.07) is 17.4. The van der Waals surface area contributed by atoms with E-state index in [0.29, 0.717) is 29.6 Å². The Labute approximate surface area is 130 Å². The molecule has 0 amide bonds. The lowest BCUT2D eigenvalue weighted by molar-refractivity contribution is 0.451. The van der Waals surface area contributed by atoms with Crippen LogP contribution in [0.1, 0.15) is 29.5 Å². The molecule has 1 fully saturated rings. The van der Waals surface area contributed by atoms with Gasteiger partial charge in [0, 0.05) is 18.2 Å². The van der Waals surface area contributed by atoms with Gasteiger partial charge in [0.25, 0.3) is 0 Å². The van der Waals surface area contributed by atoms with Crippen molar-refractivity contribution in [2.45, 2.75) is 31.8 Å². The average Bonchev–Trinajstić information content (AvgIpc) is 3.38. The fraction of sp³-hybridized carbons (Fsp3) is 0.316. The van der Waals surface area contributed by atoms with Gasteiger partial charge in [-0.15, -0.1) is 0 Å². The zero-order valence-electron chi connectivity index (χ0n) is 12.4. The molecule has 112 valence electrons. The van der Waals surface area contributed by atoms with E-state index in [0.717, 1.165) is 6.42 Å². The van der Waals surface area contributed by atoms with E-state index in [1.165, 1.54) is 24.5 Å². The Hall–Kier alpha value is -2.18. The molecule has 1 saturated carbocycles. The van der Waals surface area contributed by atoms with Crippen LogP contribution in [0.3, 0.4) is 0 Å². The van der Waals surface area contributed by atoms with Gasteiger partial charge in [0.05, 0.1) is 11.6 Å². The number of hydrogen-bond acceptors (Lipinski definition) is 2. The van der Waals surface area contributed by atoms with Gasteiger partial charge in [0.15, 0.2) is 0 Å². The minimum absolute atomic E-state index is 0.305. The molecule has 1 N–H and O–H groups in total. The zero-order chi connectivity index (χ0) is 15.4. The fourth-order valence-electron chi connectivity index (χ4n) is 2.77. The smallest absolute Gasteiger partial charge is 0.129 e. The van der Waals surface area contributed by atoms with Gasteiger partial charge in [-0.05, 0) is 42.9 Å². The van der Waals surface area contributed by atoms with Crippen LogP contribution in [-0.4, -0.2) is 6.04 Å². The Morgan fingerprint density at radius 1 is 1.18 bits per heavy atom. The molecule has 2 aromatic carbocycles. The molecule has 0 bridgehead atoms. The second-order valence-corrected chi connectivity index (χ2v) is 5.93. The van der Waals surface area contributed by atoms with Gasteiger partial charge in [-0.1, -0.05) is 36.4 Å². The molecule has 0 saturated heterocycles. The Balaban J connectivity index is 1.64. The van der Waals surface area contributed by atoms with Gasteiger partial charge in [-0.3, -0.25) is 0 Å². The minimum Gasteiger partial charge on any atom is -0.309 e. The van der Waals surface area contributed by atoms with Crippen LogP contribution in [0.15, 0.2) is 48.5 Å². The molecular weight excluding hydrogens is 275 g/mol. The van der Waals surface area contributed by atoms with Gasteiger partial charge in [0.1, 0.15) is 5.82 Å². The van der Waals surface area contributed by atoms with Crippen LogP contribution >= 0.6 is 0 Å². The van der Waals surface area contributed by atoms with E-state index < -0.39 is 0 Å². The van der Waals surface area contributed by atoms with Crippen molar-refractivity contribution in [3.05, 3.63) is 71.0 Å². The lowest BCUT2D eigenvalue weighted by Gasteiger charge is -2.19. The highest BCUT2D eigenvalue weighted by molar-refractivity contribution is 5.32.